The lowest BCUT2D eigenvalue weighted by Crippen LogP contribution is -2.63. The maximum Gasteiger partial charge on any atom is 0.410 e. The minimum Gasteiger partial charge on any atom is -0.457 e. The van der Waals surface area contributed by atoms with Crippen molar-refractivity contribution in [3.05, 3.63) is 35.9 Å². The summed E-state index contributed by atoms with van der Waals surface area (Å²) in [7, 11) is 1.45. The Hall–Kier alpha value is -3.32. The Labute approximate surface area is 237 Å². The van der Waals surface area contributed by atoms with Crippen molar-refractivity contribution in [2.75, 3.05) is 40.0 Å². The number of aliphatic hydroxyl groups is 1. The van der Waals surface area contributed by atoms with Crippen LogP contribution in [0.2, 0.25) is 0 Å². The largest absolute Gasteiger partial charge is 0.457 e. The van der Waals surface area contributed by atoms with Crippen molar-refractivity contribution in [3.63, 3.8) is 0 Å². The van der Waals surface area contributed by atoms with Gasteiger partial charge in [-0.25, -0.2) is 9.59 Å². The Morgan fingerprint density at radius 2 is 1.93 bits per heavy atom. The highest BCUT2D eigenvalue weighted by Gasteiger charge is 2.60. The third-order valence-electron chi connectivity index (χ3n) is 7.61. The number of rotatable bonds is 10. The summed E-state index contributed by atoms with van der Waals surface area (Å²) < 4.78 is 10.6. The van der Waals surface area contributed by atoms with Gasteiger partial charge in [-0.05, 0) is 13.3 Å². The molecule has 4 aliphatic heterocycles. The van der Waals surface area contributed by atoms with E-state index in [1.807, 2.05) is 6.92 Å². The molecule has 4 heterocycles. The fourth-order valence-corrected chi connectivity index (χ4v) is 7.35. The molecule has 3 saturated heterocycles. The van der Waals surface area contributed by atoms with Gasteiger partial charge >= 0.3 is 12.1 Å². The number of nitrogens with zero attached hydrogens (tertiary/aromatic N) is 4. The van der Waals surface area contributed by atoms with E-state index in [1.165, 1.54) is 40.8 Å². The van der Waals surface area contributed by atoms with Gasteiger partial charge in [-0.2, -0.15) is 0 Å². The zero-order valence-electron chi connectivity index (χ0n) is 23.0. The van der Waals surface area contributed by atoms with Crippen molar-refractivity contribution >= 4 is 41.4 Å². The highest BCUT2D eigenvalue weighted by molar-refractivity contribution is 8.03. The summed E-state index contributed by atoms with van der Waals surface area (Å²) in [5.41, 5.74) is 0.900. The molecule has 4 aliphatic rings. The van der Waals surface area contributed by atoms with Crippen LogP contribution in [0.3, 0.4) is 0 Å². The van der Waals surface area contributed by atoms with Crippen molar-refractivity contribution in [2.24, 2.45) is 17.0 Å². The molecule has 0 saturated carbocycles. The number of fused-ring (bicyclic) bond motifs is 1. The van der Waals surface area contributed by atoms with E-state index >= 15 is 0 Å². The molecule has 3 amide bonds. The molecule has 0 aliphatic carbocycles. The number of hydrogen-bond donors (Lipinski definition) is 1. The lowest BCUT2D eigenvalue weighted by molar-refractivity contribution is -0.164. The third-order valence-corrected chi connectivity index (χ3v) is 9.10. The van der Waals surface area contributed by atoms with E-state index in [4.69, 9.17) is 14.3 Å². The van der Waals surface area contributed by atoms with Crippen LogP contribution in [0.15, 0.2) is 41.1 Å². The van der Waals surface area contributed by atoms with E-state index in [-0.39, 0.29) is 54.5 Å². The molecule has 4 rings (SSSR count). The van der Waals surface area contributed by atoms with E-state index in [9.17, 15) is 24.3 Å². The van der Waals surface area contributed by atoms with Gasteiger partial charge in [0.05, 0.1) is 30.3 Å². The van der Waals surface area contributed by atoms with Crippen LogP contribution in [0.5, 0.6) is 0 Å². The standard InChI is InChI=1S/C27H36N4O8S/c1-6-10-38-26(35)22-23(15(3)21-20(16(4)32)25(34)31(21)22)40-18-12-19(30(14-18)27(36)39-11-7-2)24(33)29-9-8-17(13-29)28-37-5/h6-7,15-16,18-21,32H,1-2,8-14H2,3-5H3/b28-17+/t15-,16-,18+,19+,20-,21-/m1/s1. The average Bonchev–Trinajstić information content (AvgIpc) is 3.62. The van der Waals surface area contributed by atoms with E-state index in [2.05, 4.69) is 18.3 Å². The van der Waals surface area contributed by atoms with Crippen molar-refractivity contribution in [1.29, 1.82) is 0 Å². The quantitative estimate of drug-likeness (QED) is 0.178. The predicted molar refractivity (Wildman–Crippen MR) is 147 cm³/mol. The van der Waals surface area contributed by atoms with Crippen molar-refractivity contribution < 1.29 is 38.6 Å². The topological polar surface area (TPSA) is 138 Å². The van der Waals surface area contributed by atoms with Gasteiger partial charge in [0.2, 0.25) is 11.8 Å². The normalized spacial score (nSPS) is 29.3. The lowest BCUT2D eigenvalue weighted by Gasteiger charge is -2.46. The van der Waals surface area contributed by atoms with Crippen LogP contribution in [0.1, 0.15) is 26.7 Å². The second-order valence-corrected chi connectivity index (χ2v) is 11.6. The average molecular weight is 577 g/mol. The summed E-state index contributed by atoms with van der Waals surface area (Å²) in [4.78, 5) is 62.6. The number of thioether (sulfide) groups is 1. The maximum absolute atomic E-state index is 13.6. The highest BCUT2D eigenvalue weighted by Crippen LogP contribution is 2.52. The summed E-state index contributed by atoms with van der Waals surface area (Å²) in [5.74, 6) is -2.08. The third kappa shape index (κ3) is 5.49. The lowest BCUT2D eigenvalue weighted by atomic mass is 9.79. The monoisotopic (exact) mass is 576 g/mol. The summed E-state index contributed by atoms with van der Waals surface area (Å²) in [6.45, 7) is 11.6. The van der Waals surface area contributed by atoms with E-state index in [0.29, 0.717) is 30.8 Å². The summed E-state index contributed by atoms with van der Waals surface area (Å²) in [5, 5.41) is 13.9. The van der Waals surface area contributed by atoms with E-state index < -0.39 is 30.1 Å². The van der Waals surface area contributed by atoms with Crippen LogP contribution >= 0.6 is 11.8 Å². The molecule has 12 nitrogen and oxygen atoms in total. The summed E-state index contributed by atoms with van der Waals surface area (Å²) in [6, 6.07) is -1.15. The number of carbonyl (C=O) groups is 4. The van der Waals surface area contributed by atoms with E-state index in [1.54, 1.807) is 11.8 Å². The number of carbonyl (C=O) groups excluding carboxylic acids is 4. The summed E-state index contributed by atoms with van der Waals surface area (Å²) in [6.07, 6.45) is 2.31. The minimum absolute atomic E-state index is 0.00335. The molecular formula is C27H36N4O8S. The SMILES string of the molecule is C=CCOC(=O)C1=C(S[C@H]2C[C@@H](C(=O)N3CC/C(=N\OC)C3)N(C(=O)OCC=C)C2)[C@H](C)[C@@H]2[C@@H]([C@@H](C)O)C(=O)N12. The molecule has 0 bridgehead atoms. The minimum atomic E-state index is -0.874. The molecule has 40 heavy (non-hydrogen) atoms. The first-order chi connectivity index (χ1) is 19.1. The zero-order chi connectivity index (χ0) is 29.1. The van der Waals surface area contributed by atoms with Crippen LogP contribution in [0.25, 0.3) is 0 Å². The van der Waals surface area contributed by atoms with Crippen LogP contribution in [0.4, 0.5) is 4.79 Å². The van der Waals surface area contributed by atoms with Gasteiger partial charge in [-0.1, -0.05) is 37.4 Å². The molecular weight excluding hydrogens is 540 g/mol. The Kier molecular flexibility index (Phi) is 9.24. The Bertz CT molecular complexity index is 1140. The molecule has 1 N–H and O–H groups in total. The van der Waals surface area contributed by atoms with Gasteiger partial charge in [-0.3, -0.25) is 14.5 Å². The molecule has 3 fully saturated rings. The van der Waals surface area contributed by atoms with Crippen molar-refractivity contribution in [2.45, 2.75) is 50.1 Å². The number of aliphatic hydroxyl groups excluding tert-OH is 1. The molecule has 0 aromatic heterocycles. The van der Waals surface area contributed by atoms with Crippen molar-refractivity contribution in [1.82, 2.24) is 14.7 Å². The summed E-state index contributed by atoms with van der Waals surface area (Å²) >= 11 is 1.37. The van der Waals surface area contributed by atoms with Gasteiger partial charge in [0.1, 0.15) is 32.1 Å². The number of hydrogen-bond acceptors (Lipinski definition) is 10. The van der Waals surface area contributed by atoms with Crippen molar-refractivity contribution in [3.8, 4) is 0 Å². The number of oxime groups is 1. The Balaban J connectivity index is 1.59. The first-order valence-electron chi connectivity index (χ1n) is 13.3. The number of amides is 3. The fourth-order valence-electron chi connectivity index (χ4n) is 5.83. The van der Waals surface area contributed by atoms with Gasteiger partial charge in [0.25, 0.3) is 0 Å². The maximum atomic E-state index is 13.6. The van der Waals surface area contributed by atoms with Gasteiger partial charge in [0, 0.05) is 35.6 Å². The van der Waals surface area contributed by atoms with E-state index in [0.717, 1.165) is 5.71 Å². The van der Waals surface area contributed by atoms with Crippen LogP contribution < -0.4 is 0 Å². The molecule has 0 aromatic carbocycles. The first kappa shape index (κ1) is 29.7. The fraction of sp³-hybridized carbons (Fsp3) is 0.593. The molecule has 0 aromatic rings. The smallest absolute Gasteiger partial charge is 0.410 e. The molecule has 0 radical (unpaired) electrons. The van der Waals surface area contributed by atoms with Gasteiger partial charge in [0.15, 0.2) is 0 Å². The number of ether oxygens (including phenoxy) is 2. The van der Waals surface area contributed by atoms with Gasteiger partial charge < -0.3 is 29.2 Å². The van der Waals surface area contributed by atoms with Crippen LogP contribution in [-0.2, 0) is 28.7 Å². The molecule has 6 atom stereocenters. The number of likely N-dealkylation sites (tertiary alicyclic amines) is 2. The van der Waals surface area contributed by atoms with Crippen LogP contribution in [0, 0.1) is 11.8 Å². The van der Waals surface area contributed by atoms with Crippen LogP contribution in [-0.4, -0.2) is 113 Å². The number of esters is 1. The molecule has 0 spiro atoms. The Morgan fingerprint density at radius 1 is 1.23 bits per heavy atom. The Morgan fingerprint density at radius 3 is 2.58 bits per heavy atom. The highest BCUT2D eigenvalue weighted by atomic mass is 32.2. The predicted octanol–water partition coefficient (Wildman–Crippen LogP) is 1.52. The van der Waals surface area contributed by atoms with Gasteiger partial charge in [-0.15, -0.1) is 11.8 Å². The first-order valence-corrected chi connectivity index (χ1v) is 14.1. The molecule has 0 unspecified atom stereocenters. The molecule has 13 heteroatoms. The zero-order valence-corrected chi connectivity index (χ0v) is 23.8. The second-order valence-electron chi connectivity index (χ2n) is 10.2. The second kappa shape index (κ2) is 12.5. The number of β-lactam (4-membered cyclic amide) rings is 1. The molecule has 218 valence electrons.